The first-order valence-electron chi connectivity index (χ1n) is 7.44. The monoisotopic (exact) mass is 363 g/mol. The molecule has 1 amide bonds. The highest BCUT2D eigenvalue weighted by atomic mass is 35.5. The molecule has 0 saturated carbocycles. The van der Waals surface area contributed by atoms with Crippen LogP contribution in [0.1, 0.15) is 17.3 Å². The zero-order valence-corrected chi connectivity index (χ0v) is 14.8. The lowest BCUT2D eigenvalue weighted by molar-refractivity contribution is -0.123. The van der Waals surface area contributed by atoms with E-state index in [4.69, 9.17) is 25.8 Å². The standard InChI is InChI=1S/C18H18ClNO5/c1-11(25-18(22)12-4-6-13(19)7-5-12)17(21)20-15-10-14(23-2)8-9-16(15)24-3/h4-11H,1-3H3,(H,20,21). The largest absolute Gasteiger partial charge is 0.497 e. The molecule has 0 saturated heterocycles. The van der Waals surface area contributed by atoms with E-state index in [1.807, 2.05) is 0 Å². The molecule has 0 radical (unpaired) electrons. The van der Waals surface area contributed by atoms with Gasteiger partial charge in [-0.05, 0) is 43.3 Å². The van der Waals surface area contributed by atoms with Crippen molar-refractivity contribution in [2.75, 3.05) is 19.5 Å². The minimum Gasteiger partial charge on any atom is -0.497 e. The van der Waals surface area contributed by atoms with Crippen LogP contribution >= 0.6 is 11.6 Å². The summed E-state index contributed by atoms with van der Waals surface area (Å²) in [4.78, 5) is 24.4. The van der Waals surface area contributed by atoms with Gasteiger partial charge in [-0.15, -0.1) is 0 Å². The van der Waals surface area contributed by atoms with Gasteiger partial charge >= 0.3 is 5.97 Å². The number of nitrogens with one attached hydrogen (secondary N) is 1. The number of hydrogen-bond acceptors (Lipinski definition) is 5. The zero-order chi connectivity index (χ0) is 18.4. The van der Waals surface area contributed by atoms with Crippen LogP contribution in [0.15, 0.2) is 42.5 Å². The molecule has 0 aliphatic rings. The number of esters is 1. The third-order valence-corrected chi connectivity index (χ3v) is 3.65. The van der Waals surface area contributed by atoms with Crippen LogP contribution in [-0.2, 0) is 9.53 Å². The number of benzene rings is 2. The number of carbonyl (C=O) groups is 2. The minimum absolute atomic E-state index is 0.308. The van der Waals surface area contributed by atoms with Crippen LogP contribution in [0.5, 0.6) is 11.5 Å². The molecule has 2 aromatic rings. The van der Waals surface area contributed by atoms with Gasteiger partial charge in [-0.25, -0.2) is 4.79 Å². The molecule has 0 heterocycles. The molecule has 2 rings (SSSR count). The van der Waals surface area contributed by atoms with Crippen LogP contribution in [0.25, 0.3) is 0 Å². The Bertz CT molecular complexity index is 761. The third-order valence-electron chi connectivity index (χ3n) is 3.40. The Labute approximate surface area is 150 Å². The highest BCUT2D eigenvalue weighted by Crippen LogP contribution is 2.29. The van der Waals surface area contributed by atoms with Crippen molar-refractivity contribution >= 4 is 29.2 Å². The first-order valence-corrected chi connectivity index (χ1v) is 7.82. The first kappa shape index (κ1) is 18.6. The maximum atomic E-state index is 12.3. The molecule has 2 aromatic carbocycles. The minimum atomic E-state index is -1.00. The molecule has 1 atom stereocenters. The van der Waals surface area contributed by atoms with Gasteiger partial charge in [0, 0.05) is 11.1 Å². The fraction of sp³-hybridized carbons (Fsp3) is 0.222. The van der Waals surface area contributed by atoms with E-state index < -0.39 is 18.0 Å². The number of methoxy groups -OCH3 is 2. The van der Waals surface area contributed by atoms with E-state index in [9.17, 15) is 9.59 Å². The molecule has 1 N–H and O–H groups in total. The summed E-state index contributed by atoms with van der Waals surface area (Å²) in [5.41, 5.74) is 0.726. The Morgan fingerprint density at radius 2 is 1.72 bits per heavy atom. The van der Waals surface area contributed by atoms with Gasteiger partial charge in [-0.1, -0.05) is 11.6 Å². The molecule has 0 bridgehead atoms. The van der Waals surface area contributed by atoms with Gasteiger partial charge in [-0.2, -0.15) is 0 Å². The summed E-state index contributed by atoms with van der Waals surface area (Å²) < 4.78 is 15.5. The first-order chi connectivity index (χ1) is 11.9. The van der Waals surface area contributed by atoms with Crippen LogP contribution in [0, 0.1) is 0 Å². The van der Waals surface area contributed by atoms with Crippen molar-refractivity contribution in [3.05, 3.63) is 53.1 Å². The van der Waals surface area contributed by atoms with Gasteiger partial charge in [0.25, 0.3) is 5.91 Å². The summed E-state index contributed by atoms with van der Waals surface area (Å²) in [6.07, 6.45) is -1.00. The molecule has 7 heteroatoms. The number of ether oxygens (including phenoxy) is 3. The van der Waals surface area contributed by atoms with E-state index in [2.05, 4.69) is 5.32 Å². The van der Waals surface area contributed by atoms with E-state index in [0.29, 0.717) is 27.8 Å². The van der Waals surface area contributed by atoms with Gasteiger partial charge in [-0.3, -0.25) is 4.79 Å². The summed E-state index contributed by atoms with van der Waals surface area (Å²) >= 11 is 5.78. The molecule has 132 valence electrons. The lowest BCUT2D eigenvalue weighted by Gasteiger charge is -2.16. The van der Waals surface area contributed by atoms with Crippen molar-refractivity contribution in [3.8, 4) is 11.5 Å². The quantitative estimate of drug-likeness (QED) is 0.794. The maximum Gasteiger partial charge on any atom is 0.338 e. The van der Waals surface area contributed by atoms with Crippen LogP contribution in [0.4, 0.5) is 5.69 Å². The molecule has 25 heavy (non-hydrogen) atoms. The van der Waals surface area contributed by atoms with Crippen molar-refractivity contribution < 1.29 is 23.8 Å². The Kier molecular flexibility index (Phi) is 6.25. The molecular weight excluding hydrogens is 346 g/mol. The van der Waals surface area contributed by atoms with Gasteiger partial charge in [0.15, 0.2) is 6.10 Å². The molecule has 0 aliphatic heterocycles. The second kappa shape index (κ2) is 8.39. The number of carbonyl (C=O) groups excluding carboxylic acids is 2. The zero-order valence-electron chi connectivity index (χ0n) is 14.0. The Balaban J connectivity index is 2.05. The summed E-state index contributed by atoms with van der Waals surface area (Å²) in [5, 5.41) is 3.17. The Morgan fingerprint density at radius 3 is 2.32 bits per heavy atom. The Hall–Kier alpha value is -2.73. The fourth-order valence-corrected chi connectivity index (χ4v) is 2.14. The number of halogens is 1. The number of hydrogen-bond donors (Lipinski definition) is 1. The molecule has 0 aliphatic carbocycles. The van der Waals surface area contributed by atoms with Crippen LogP contribution < -0.4 is 14.8 Å². The smallest absolute Gasteiger partial charge is 0.338 e. The second-order valence-electron chi connectivity index (χ2n) is 5.11. The number of amides is 1. The van der Waals surface area contributed by atoms with Crippen molar-refractivity contribution in [3.63, 3.8) is 0 Å². The van der Waals surface area contributed by atoms with E-state index in [0.717, 1.165) is 0 Å². The highest BCUT2D eigenvalue weighted by molar-refractivity contribution is 6.30. The van der Waals surface area contributed by atoms with Crippen LogP contribution in [0.2, 0.25) is 5.02 Å². The second-order valence-corrected chi connectivity index (χ2v) is 5.55. The molecule has 6 nitrogen and oxygen atoms in total. The summed E-state index contributed by atoms with van der Waals surface area (Å²) in [7, 11) is 3.01. The number of rotatable bonds is 6. The molecule has 0 fully saturated rings. The predicted octanol–water partition coefficient (Wildman–Crippen LogP) is 3.54. The highest BCUT2D eigenvalue weighted by Gasteiger charge is 2.20. The SMILES string of the molecule is COc1ccc(OC)c(NC(=O)C(C)OC(=O)c2ccc(Cl)cc2)c1. The number of anilines is 1. The summed E-state index contributed by atoms with van der Waals surface area (Å²) in [6, 6.07) is 11.2. The molecule has 1 unspecified atom stereocenters. The molecular formula is C18H18ClNO5. The normalized spacial score (nSPS) is 11.4. The fourth-order valence-electron chi connectivity index (χ4n) is 2.01. The average Bonchev–Trinajstić information content (AvgIpc) is 2.61. The summed E-state index contributed by atoms with van der Waals surface area (Å²) in [5.74, 6) is -0.0851. The van der Waals surface area contributed by atoms with Crippen LogP contribution in [0.3, 0.4) is 0 Å². The van der Waals surface area contributed by atoms with Crippen molar-refractivity contribution in [1.82, 2.24) is 0 Å². The van der Waals surface area contributed by atoms with Gasteiger partial charge < -0.3 is 19.5 Å². The van der Waals surface area contributed by atoms with E-state index in [1.54, 1.807) is 30.3 Å². The van der Waals surface area contributed by atoms with Gasteiger partial charge in [0.05, 0.1) is 25.5 Å². The Morgan fingerprint density at radius 1 is 1.04 bits per heavy atom. The predicted molar refractivity (Wildman–Crippen MR) is 94.5 cm³/mol. The van der Waals surface area contributed by atoms with E-state index in [1.165, 1.54) is 33.3 Å². The average molecular weight is 364 g/mol. The molecule has 0 aromatic heterocycles. The van der Waals surface area contributed by atoms with Crippen LogP contribution in [-0.4, -0.2) is 32.2 Å². The van der Waals surface area contributed by atoms with E-state index in [-0.39, 0.29) is 0 Å². The maximum absolute atomic E-state index is 12.3. The van der Waals surface area contributed by atoms with Crippen molar-refractivity contribution in [2.24, 2.45) is 0 Å². The van der Waals surface area contributed by atoms with Crippen molar-refractivity contribution in [2.45, 2.75) is 13.0 Å². The summed E-state index contributed by atoms with van der Waals surface area (Å²) in [6.45, 7) is 1.48. The van der Waals surface area contributed by atoms with Crippen molar-refractivity contribution in [1.29, 1.82) is 0 Å². The molecule has 0 spiro atoms. The topological polar surface area (TPSA) is 73.9 Å². The lowest BCUT2D eigenvalue weighted by atomic mass is 10.2. The third kappa shape index (κ3) is 4.87. The van der Waals surface area contributed by atoms with Gasteiger partial charge in [0.2, 0.25) is 0 Å². The van der Waals surface area contributed by atoms with Gasteiger partial charge in [0.1, 0.15) is 11.5 Å². The van der Waals surface area contributed by atoms with E-state index >= 15 is 0 Å². The lowest BCUT2D eigenvalue weighted by Crippen LogP contribution is -2.30.